The highest BCUT2D eigenvalue weighted by molar-refractivity contribution is 7.89. The maximum atomic E-state index is 12.9. The molecule has 29 heavy (non-hydrogen) atoms. The van der Waals surface area contributed by atoms with Gasteiger partial charge >= 0.3 is 0 Å². The van der Waals surface area contributed by atoms with Gasteiger partial charge in [0.2, 0.25) is 15.9 Å². The van der Waals surface area contributed by atoms with Gasteiger partial charge < -0.3 is 4.90 Å². The number of likely N-dealkylation sites (tertiary alicyclic amines) is 1. The lowest BCUT2D eigenvalue weighted by atomic mass is 9.97. The van der Waals surface area contributed by atoms with Gasteiger partial charge in [0, 0.05) is 27.1 Å². The summed E-state index contributed by atoms with van der Waals surface area (Å²) >= 11 is 0. The zero-order valence-corrected chi connectivity index (χ0v) is 18.5. The van der Waals surface area contributed by atoms with Gasteiger partial charge in [-0.05, 0) is 61.9 Å². The second-order valence-corrected chi connectivity index (χ2v) is 10.2. The number of benzene rings is 2. The number of sulfonamides is 1. The number of amides is 1. The van der Waals surface area contributed by atoms with Crippen LogP contribution in [0.5, 0.6) is 0 Å². The SMILES string of the molecule is Cc1ccc(C)c([C@H]2CCCN2C(=O)CCc2ccc(S(=O)(=O)N(C)C)cc2)c1. The molecule has 0 radical (unpaired) electrons. The molecule has 0 saturated carbocycles. The third-order valence-corrected chi connectivity index (χ3v) is 7.53. The van der Waals surface area contributed by atoms with Gasteiger partial charge in [0.15, 0.2) is 0 Å². The highest BCUT2D eigenvalue weighted by Gasteiger charge is 2.30. The number of rotatable bonds is 6. The molecule has 5 nitrogen and oxygen atoms in total. The average molecular weight is 415 g/mol. The van der Waals surface area contributed by atoms with Gasteiger partial charge in [-0.15, -0.1) is 0 Å². The second-order valence-electron chi connectivity index (χ2n) is 8.04. The smallest absolute Gasteiger partial charge is 0.242 e. The molecule has 6 heteroatoms. The van der Waals surface area contributed by atoms with Crippen LogP contribution in [0.3, 0.4) is 0 Å². The van der Waals surface area contributed by atoms with E-state index in [1.807, 2.05) is 4.90 Å². The third-order valence-electron chi connectivity index (χ3n) is 5.70. The summed E-state index contributed by atoms with van der Waals surface area (Å²) in [6, 6.07) is 13.4. The molecular formula is C23H30N2O3S. The van der Waals surface area contributed by atoms with E-state index in [1.54, 1.807) is 24.3 Å². The molecular weight excluding hydrogens is 384 g/mol. The molecule has 2 aromatic rings. The van der Waals surface area contributed by atoms with E-state index in [9.17, 15) is 13.2 Å². The first-order chi connectivity index (χ1) is 13.7. The van der Waals surface area contributed by atoms with Crippen molar-refractivity contribution in [3.05, 3.63) is 64.7 Å². The summed E-state index contributed by atoms with van der Waals surface area (Å²) in [6.07, 6.45) is 3.08. The molecule has 1 heterocycles. The lowest BCUT2D eigenvalue weighted by Crippen LogP contribution is -2.31. The van der Waals surface area contributed by atoms with Crippen molar-refractivity contribution in [2.24, 2.45) is 0 Å². The Kier molecular flexibility index (Phi) is 6.44. The maximum Gasteiger partial charge on any atom is 0.242 e. The minimum atomic E-state index is -3.43. The first-order valence-corrected chi connectivity index (χ1v) is 11.5. The van der Waals surface area contributed by atoms with Crippen molar-refractivity contribution in [2.45, 2.75) is 50.5 Å². The molecule has 2 aromatic carbocycles. The summed E-state index contributed by atoms with van der Waals surface area (Å²) in [5, 5.41) is 0. The van der Waals surface area contributed by atoms with Crippen molar-refractivity contribution in [3.8, 4) is 0 Å². The summed E-state index contributed by atoms with van der Waals surface area (Å²) in [5.74, 6) is 0.165. The van der Waals surface area contributed by atoms with E-state index in [4.69, 9.17) is 0 Å². The van der Waals surface area contributed by atoms with Crippen LogP contribution in [0.1, 0.15) is 47.6 Å². The first-order valence-electron chi connectivity index (χ1n) is 10.1. The second kappa shape index (κ2) is 8.67. The van der Waals surface area contributed by atoms with Crippen LogP contribution >= 0.6 is 0 Å². The van der Waals surface area contributed by atoms with E-state index < -0.39 is 10.0 Å². The van der Waals surface area contributed by atoms with Crippen LogP contribution in [0, 0.1) is 13.8 Å². The van der Waals surface area contributed by atoms with E-state index in [0.717, 1.165) is 24.9 Å². The van der Waals surface area contributed by atoms with Crippen molar-refractivity contribution in [2.75, 3.05) is 20.6 Å². The van der Waals surface area contributed by atoms with Gasteiger partial charge in [-0.2, -0.15) is 0 Å². The lowest BCUT2D eigenvalue weighted by molar-refractivity contribution is -0.132. The standard InChI is InChI=1S/C23H30N2O3S/c1-17-7-8-18(2)21(16-17)22-6-5-15-25(22)23(26)14-11-19-9-12-20(13-10-19)29(27,28)24(3)4/h7-10,12-13,16,22H,5-6,11,14-15H2,1-4H3/t22-/m1/s1. The topological polar surface area (TPSA) is 57.7 Å². The Balaban J connectivity index is 1.66. The minimum Gasteiger partial charge on any atom is -0.336 e. The van der Waals surface area contributed by atoms with E-state index in [-0.39, 0.29) is 16.8 Å². The van der Waals surface area contributed by atoms with Crippen molar-refractivity contribution < 1.29 is 13.2 Å². The summed E-state index contributed by atoms with van der Waals surface area (Å²) < 4.78 is 25.5. The van der Waals surface area contributed by atoms with Gasteiger partial charge in [-0.3, -0.25) is 4.79 Å². The molecule has 0 spiro atoms. The zero-order valence-electron chi connectivity index (χ0n) is 17.7. The molecule has 1 amide bonds. The van der Waals surface area contributed by atoms with Gasteiger partial charge in [0.1, 0.15) is 0 Å². The summed E-state index contributed by atoms with van der Waals surface area (Å²) in [4.78, 5) is 15.2. The molecule has 1 atom stereocenters. The fourth-order valence-corrected chi connectivity index (χ4v) is 4.84. The molecule has 0 aromatic heterocycles. The third kappa shape index (κ3) is 4.70. The Bertz CT molecular complexity index is 982. The molecule has 3 rings (SSSR count). The molecule has 0 unspecified atom stereocenters. The van der Waals surface area contributed by atoms with E-state index in [0.29, 0.717) is 12.8 Å². The van der Waals surface area contributed by atoms with E-state index >= 15 is 0 Å². The van der Waals surface area contributed by atoms with Crippen LogP contribution < -0.4 is 0 Å². The van der Waals surface area contributed by atoms with Crippen LogP contribution in [0.4, 0.5) is 0 Å². The van der Waals surface area contributed by atoms with Crippen molar-refractivity contribution in [1.82, 2.24) is 9.21 Å². The molecule has 0 aliphatic carbocycles. The molecule has 1 aliphatic rings. The quantitative estimate of drug-likeness (QED) is 0.721. The monoisotopic (exact) mass is 414 g/mol. The van der Waals surface area contributed by atoms with Gasteiger partial charge in [-0.25, -0.2) is 12.7 Å². The normalized spacial score (nSPS) is 17.1. The van der Waals surface area contributed by atoms with Crippen LogP contribution in [-0.2, 0) is 21.2 Å². The number of aryl methyl sites for hydroxylation is 3. The Morgan fingerprint density at radius 3 is 2.45 bits per heavy atom. The number of nitrogens with zero attached hydrogens (tertiary/aromatic N) is 2. The van der Waals surface area contributed by atoms with Crippen molar-refractivity contribution in [1.29, 1.82) is 0 Å². The van der Waals surface area contributed by atoms with Gasteiger partial charge in [-0.1, -0.05) is 35.9 Å². The first kappa shape index (κ1) is 21.5. The van der Waals surface area contributed by atoms with Crippen LogP contribution in [0.2, 0.25) is 0 Å². The van der Waals surface area contributed by atoms with E-state index in [2.05, 4.69) is 32.0 Å². The fourth-order valence-electron chi connectivity index (χ4n) is 3.94. The Labute approximate surface area is 174 Å². The maximum absolute atomic E-state index is 12.9. The molecule has 1 aliphatic heterocycles. The summed E-state index contributed by atoms with van der Waals surface area (Å²) in [7, 11) is -0.389. The molecule has 0 bridgehead atoms. The van der Waals surface area contributed by atoms with Crippen molar-refractivity contribution in [3.63, 3.8) is 0 Å². The fraction of sp³-hybridized carbons (Fsp3) is 0.435. The van der Waals surface area contributed by atoms with Crippen molar-refractivity contribution >= 4 is 15.9 Å². The van der Waals surface area contributed by atoms with Crippen LogP contribution in [0.25, 0.3) is 0 Å². The van der Waals surface area contributed by atoms with Crippen LogP contribution in [0.15, 0.2) is 47.4 Å². The molecule has 156 valence electrons. The largest absolute Gasteiger partial charge is 0.336 e. The zero-order chi connectivity index (χ0) is 21.2. The van der Waals surface area contributed by atoms with E-state index in [1.165, 1.54) is 35.1 Å². The number of carbonyl (C=O) groups excluding carboxylic acids is 1. The Morgan fingerprint density at radius 2 is 1.79 bits per heavy atom. The molecule has 0 N–H and O–H groups in total. The summed E-state index contributed by atoms with van der Waals surface area (Å²) in [5.41, 5.74) is 4.68. The molecule has 1 saturated heterocycles. The van der Waals surface area contributed by atoms with Gasteiger partial charge in [0.05, 0.1) is 10.9 Å². The predicted octanol–water partition coefficient (Wildman–Crippen LogP) is 3.85. The highest BCUT2D eigenvalue weighted by Crippen LogP contribution is 2.34. The highest BCUT2D eigenvalue weighted by atomic mass is 32.2. The minimum absolute atomic E-state index is 0.162. The average Bonchev–Trinajstić information content (AvgIpc) is 3.18. The Morgan fingerprint density at radius 1 is 1.10 bits per heavy atom. The number of hydrogen-bond acceptors (Lipinski definition) is 3. The van der Waals surface area contributed by atoms with Gasteiger partial charge in [0.25, 0.3) is 0 Å². The number of carbonyl (C=O) groups is 1. The Hall–Kier alpha value is -2.18. The predicted molar refractivity (Wildman–Crippen MR) is 115 cm³/mol. The molecule has 1 fully saturated rings. The number of hydrogen-bond donors (Lipinski definition) is 0. The summed E-state index contributed by atoms with van der Waals surface area (Å²) in [6.45, 7) is 5.00. The lowest BCUT2D eigenvalue weighted by Gasteiger charge is -2.27. The van der Waals surface area contributed by atoms with Crippen LogP contribution in [-0.4, -0.2) is 44.2 Å².